The number of benzene rings is 2. The molecule has 2 saturated heterocycles. The SMILES string of the molecule is CCC([C@@H]1CCCCN1)N1CCN(C(c2ccccc2)c2ccccc2)CC1. The molecule has 2 aromatic carbocycles. The van der Waals surface area contributed by atoms with E-state index in [4.69, 9.17) is 0 Å². The van der Waals surface area contributed by atoms with Gasteiger partial charge < -0.3 is 5.32 Å². The lowest BCUT2D eigenvalue weighted by atomic mass is 9.93. The lowest BCUT2D eigenvalue weighted by Gasteiger charge is -2.45. The molecule has 0 bridgehead atoms. The van der Waals surface area contributed by atoms with Crippen molar-refractivity contribution in [1.82, 2.24) is 15.1 Å². The van der Waals surface area contributed by atoms with E-state index in [9.17, 15) is 0 Å². The second-order valence-electron chi connectivity index (χ2n) is 8.33. The first-order chi connectivity index (χ1) is 13.9. The molecule has 2 aromatic rings. The van der Waals surface area contributed by atoms with Crippen molar-refractivity contribution in [2.45, 2.75) is 50.7 Å². The number of hydrogen-bond acceptors (Lipinski definition) is 3. The summed E-state index contributed by atoms with van der Waals surface area (Å²) in [6, 6.07) is 23.8. The molecule has 4 rings (SSSR count). The van der Waals surface area contributed by atoms with Crippen molar-refractivity contribution in [2.24, 2.45) is 0 Å². The van der Waals surface area contributed by atoms with E-state index >= 15 is 0 Å². The number of hydrogen-bond donors (Lipinski definition) is 1. The standard InChI is InChI=1S/C25H35N3/c1-2-24(23-15-9-10-16-26-23)27-17-19-28(20-18-27)25(21-11-5-3-6-12-21)22-13-7-4-8-14-22/h3-8,11-14,23-26H,2,9-10,15-20H2,1H3/t23-,24?/m0/s1. The fraction of sp³-hybridized carbons (Fsp3) is 0.520. The second-order valence-corrected chi connectivity index (χ2v) is 8.33. The van der Waals surface area contributed by atoms with Crippen LogP contribution < -0.4 is 5.32 Å². The molecule has 2 fully saturated rings. The summed E-state index contributed by atoms with van der Waals surface area (Å²) in [5, 5.41) is 3.80. The highest BCUT2D eigenvalue weighted by Crippen LogP contribution is 2.30. The first-order valence-corrected chi connectivity index (χ1v) is 11.2. The summed E-state index contributed by atoms with van der Waals surface area (Å²) in [4.78, 5) is 5.44. The Morgan fingerprint density at radius 3 is 1.89 bits per heavy atom. The molecular formula is C25H35N3. The summed E-state index contributed by atoms with van der Waals surface area (Å²) >= 11 is 0. The Morgan fingerprint density at radius 1 is 0.821 bits per heavy atom. The zero-order valence-electron chi connectivity index (χ0n) is 17.3. The van der Waals surface area contributed by atoms with Gasteiger partial charge >= 0.3 is 0 Å². The van der Waals surface area contributed by atoms with Gasteiger partial charge in [-0.3, -0.25) is 9.80 Å². The number of rotatable bonds is 6. The molecule has 0 saturated carbocycles. The minimum absolute atomic E-state index is 0.359. The molecule has 150 valence electrons. The van der Waals surface area contributed by atoms with E-state index in [-0.39, 0.29) is 0 Å². The van der Waals surface area contributed by atoms with E-state index in [0.29, 0.717) is 18.1 Å². The van der Waals surface area contributed by atoms with E-state index in [1.807, 2.05) is 0 Å². The van der Waals surface area contributed by atoms with Gasteiger partial charge in [0.1, 0.15) is 0 Å². The molecule has 2 aliphatic rings. The summed E-state index contributed by atoms with van der Waals surface area (Å²) < 4.78 is 0. The van der Waals surface area contributed by atoms with E-state index in [1.165, 1.54) is 56.4 Å². The predicted octanol–water partition coefficient (Wildman–Crippen LogP) is 4.31. The first-order valence-electron chi connectivity index (χ1n) is 11.2. The van der Waals surface area contributed by atoms with Gasteiger partial charge in [0, 0.05) is 38.3 Å². The van der Waals surface area contributed by atoms with Gasteiger partial charge in [-0.2, -0.15) is 0 Å². The summed E-state index contributed by atoms with van der Waals surface area (Å²) in [6.07, 6.45) is 5.32. The number of nitrogens with one attached hydrogen (secondary N) is 1. The molecule has 0 aromatic heterocycles. The van der Waals surface area contributed by atoms with Crippen molar-refractivity contribution in [2.75, 3.05) is 32.7 Å². The first kappa shape index (κ1) is 19.6. The smallest absolute Gasteiger partial charge is 0.0602 e. The van der Waals surface area contributed by atoms with Crippen LogP contribution in [0.2, 0.25) is 0 Å². The molecule has 0 aliphatic carbocycles. The van der Waals surface area contributed by atoms with E-state index in [1.54, 1.807) is 0 Å². The molecule has 2 atom stereocenters. The fourth-order valence-corrected chi connectivity index (χ4v) is 5.22. The Hall–Kier alpha value is -1.68. The molecule has 1 unspecified atom stereocenters. The van der Waals surface area contributed by atoms with Crippen LogP contribution in [0, 0.1) is 0 Å². The Labute approximate surface area is 170 Å². The molecule has 3 heteroatoms. The van der Waals surface area contributed by atoms with Gasteiger partial charge in [-0.1, -0.05) is 74.0 Å². The number of piperidine rings is 1. The van der Waals surface area contributed by atoms with Crippen LogP contribution in [-0.4, -0.2) is 54.6 Å². The Bertz CT molecular complexity index is 649. The van der Waals surface area contributed by atoms with Gasteiger partial charge in [0.2, 0.25) is 0 Å². The molecule has 2 heterocycles. The van der Waals surface area contributed by atoms with Crippen LogP contribution in [0.4, 0.5) is 0 Å². The van der Waals surface area contributed by atoms with E-state index in [2.05, 4.69) is 82.7 Å². The van der Waals surface area contributed by atoms with Crippen LogP contribution in [0.1, 0.15) is 49.8 Å². The van der Waals surface area contributed by atoms with Crippen LogP contribution in [0.15, 0.2) is 60.7 Å². The van der Waals surface area contributed by atoms with Gasteiger partial charge in [0.15, 0.2) is 0 Å². The lowest BCUT2D eigenvalue weighted by molar-refractivity contribution is 0.0576. The van der Waals surface area contributed by atoms with Crippen LogP contribution in [0.25, 0.3) is 0 Å². The highest BCUT2D eigenvalue weighted by Gasteiger charge is 2.32. The molecule has 1 N–H and O–H groups in total. The minimum Gasteiger partial charge on any atom is -0.312 e. The highest BCUT2D eigenvalue weighted by molar-refractivity contribution is 5.32. The third kappa shape index (κ3) is 4.48. The molecule has 0 amide bonds. The molecule has 28 heavy (non-hydrogen) atoms. The predicted molar refractivity (Wildman–Crippen MR) is 118 cm³/mol. The maximum atomic E-state index is 3.80. The number of nitrogens with zero attached hydrogens (tertiary/aromatic N) is 2. The summed E-state index contributed by atoms with van der Waals surface area (Å²) in [7, 11) is 0. The maximum Gasteiger partial charge on any atom is 0.0602 e. The summed E-state index contributed by atoms with van der Waals surface area (Å²) in [5.74, 6) is 0. The normalized spacial score (nSPS) is 23.0. The monoisotopic (exact) mass is 377 g/mol. The summed E-state index contributed by atoms with van der Waals surface area (Å²) in [6.45, 7) is 8.18. The average Bonchev–Trinajstić information content (AvgIpc) is 2.78. The molecular weight excluding hydrogens is 342 g/mol. The van der Waals surface area contributed by atoms with Crippen molar-refractivity contribution in [3.63, 3.8) is 0 Å². The molecule has 3 nitrogen and oxygen atoms in total. The zero-order valence-corrected chi connectivity index (χ0v) is 17.3. The third-order valence-corrected chi connectivity index (χ3v) is 6.64. The van der Waals surface area contributed by atoms with Gasteiger partial charge in [-0.05, 0) is 36.9 Å². The van der Waals surface area contributed by atoms with Crippen LogP contribution in [-0.2, 0) is 0 Å². The van der Waals surface area contributed by atoms with Crippen molar-refractivity contribution in [1.29, 1.82) is 0 Å². The third-order valence-electron chi connectivity index (χ3n) is 6.64. The molecule has 0 radical (unpaired) electrons. The van der Waals surface area contributed by atoms with Crippen LogP contribution in [0.3, 0.4) is 0 Å². The fourth-order valence-electron chi connectivity index (χ4n) is 5.22. The van der Waals surface area contributed by atoms with Gasteiger partial charge in [-0.15, -0.1) is 0 Å². The minimum atomic E-state index is 0.359. The highest BCUT2D eigenvalue weighted by atomic mass is 15.3. The van der Waals surface area contributed by atoms with Crippen LogP contribution >= 0.6 is 0 Å². The second kappa shape index (κ2) is 9.69. The summed E-state index contributed by atoms with van der Waals surface area (Å²) in [5.41, 5.74) is 2.81. The van der Waals surface area contributed by atoms with Crippen molar-refractivity contribution in [3.05, 3.63) is 71.8 Å². The lowest BCUT2D eigenvalue weighted by Crippen LogP contribution is -2.57. The van der Waals surface area contributed by atoms with Crippen molar-refractivity contribution >= 4 is 0 Å². The van der Waals surface area contributed by atoms with Crippen LogP contribution in [0.5, 0.6) is 0 Å². The van der Waals surface area contributed by atoms with E-state index in [0.717, 1.165) is 13.1 Å². The van der Waals surface area contributed by atoms with Crippen molar-refractivity contribution < 1.29 is 0 Å². The zero-order chi connectivity index (χ0) is 19.2. The largest absolute Gasteiger partial charge is 0.312 e. The van der Waals surface area contributed by atoms with Crippen molar-refractivity contribution in [3.8, 4) is 0 Å². The van der Waals surface area contributed by atoms with Gasteiger partial charge in [0.05, 0.1) is 6.04 Å². The van der Waals surface area contributed by atoms with Gasteiger partial charge in [0.25, 0.3) is 0 Å². The quantitative estimate of drug-likeness (QED) is 0.809. The molecule has 2 aliphatic heterocycles. The topological polar surface area (TPSA) is 18.5 Å². The maximum absolute atomic E-state index is 3.80. The van der Waals surface area contributed by atoms with Gasteiger partial charge in [-0.25, -0.2) is 0 Å². The Kier molecular flexibility index (Phi) is 6.79. The number of piperazine rings is 1. The Balaban J connectivity index is 1.47. The molecule has 0 spiro atoms. The Morgan fingerprint density at radius 2 is 1.39 bits per heavy atom. The van der Waals surface area contributed by atoms with E-state index < -0.39 is 0 Å². The average molecular weight is 378 g/mol.